The molecule has 150 valence electrons. The van der Waals surface area contributed by atoms with E-state index in [0.29, 0.717) is 18.3 Å². The van der Waals surface area contributed by atoms with Crippen molar-refractivity contribution in [2.45, 2.75) is 71.8 Å². The van der Waals surface area contributed by atoms with Gasteiger partial charge >= 0.3 is 11.9 Å². The molecule has 0 saturated heterocycles. The second-order valence-electron chi connectivity index (χ2n) is 7.64. The third-order valence-corrected chi connectivity index (χ3v) is 4.42. The molecule has 0 bridgehead atoms. The van der Waals surface area contributed by atoms with Crippen molar-refractivity contribution in [3.05, 3.63) is 23.5 Å². The third-order valence-electron chi connectivity index (χ3n) is 4.42. The van der Waals surface area contributed by atoms with Crippen LogP contribution in [0.4, 0.5) is 5.82 Å². The first-order valence-electron chi connectivity index (χ1n) is 9.66. The van der Waals surface area contributed by atoms with Gasteiger partial charge in [0.05, 0.1) is 30.9 Å². The molecule has 7 heteroatoms. The largest absolute Gasteiger partial charge is 0.466 e. The summed E-state index contributed by atoms with van der Waals surface area (Å²) in [6, 6.07) is 1.99. The molecule has 1 N–H and O–H groups in total. The van der Waals surface area contributed by atoms with Gasteiger partial charge in [-0.05, 0) is 53.5 Å². The van der Waals surface area contributed by atoms with E-state index in [4.69, 9.17) is 14.6 Å². The Morgan fingerprint density at radius 2 is 1.93 bits per heavy atom. The minimum atomic E-state index is -0.506. The molecule has 1 aromatic heterocycles. The number of aromatic nitrogens is 2. The quantitative estimate of drug-likeness (QED) is 0.549. The number of rotatable bonds is 8. The Morgan fingerprint density at radius 1 is 1.26 bits per heavy atom. The highest BCUT2D eigenvalue weighted by molar-refractivity contribution is 5.92. The lowest BCUT2D eigenvalue weighted by molar-refractivity contribution is -0.142. The smallest absolute Gasteiger partial charge is 0.354 e. The number of anilines is 1. The minimum Gasteiger partial charge on any atom is -0.466 e. The van der Waals surface area contributed by atoms with E-state index in [1.165, 1.54) is 12.5 Å². The van der Waals surface area contributed by atoms with Gasteiger partial charge < -0.3 is 14.8 Å². The molecule has 0 aromatic carbocycles. The first-order chi connectivity index (χ1) is 12.8. The van der Waals surface area contributed by atoms with Crippen molar-refractivity contribution in [3.8, 4) is 0 Å². The lowest BCUT2D eigenvalue weighted by atomic mass is 9.83. The fraction of sp³-hybridized carbons (Fsp3) is 0.650. The Bertz CT molecular complexity index is 697. The summed E-state index contributed by atoms with van der Waals surface area (Å²) in [4.78, 5) is 24.0. The molecule has 1 aliphatic rings. The monoisotopic (exact) mass is 377 g/mol. The molecule has 0 aliphatic heterocycles. The Kier molecular flexibility index (Phi) is 7.05. The Hall–Kier alpha value is -2.31. The predicted molar refractivity (Wildman–Crippen MR) is 103 cm³/mol. The van der Waals surface area contributed by atoms with Crippen LogP contribution in [0.15, 0.2) is 17.8 Å². The zero-order valence-corrected chi connectivity index (χ0v) is 17.0. The maximum Gasteiger partial charge on any atom is 0.354 e. The number of ether oxygens (including phenoxy) is 2. The van der Waals surface area contributed by atoms with Crippen molar-refractivity contribution < 1.29 is 19.1 Å². The molecule has 1 aromatic rings. The predicted octanol–water partition coefficient (Wildman–Crippen LogP) is 3.72. The van der Waals surface area contributed by atoms with E-state index in [1.54, 1.807) is 13.8 Å². The molecule has 0 spiro atoms. The van der Waals surface area contributed by atoms with E-state index in [2.05, 4.69) is 26.1 Å². The van der Waals surface area contributed by atoms with Crippen LogP contribution in [0.3, 0.4) is 0 Å². The number of hydrogen-bond donors (Lipinski definition) is 1. The fourth-order valence-electron chi connectivity index (χ4n) is 2.84. The van der Waals surface area contributed by atoms with Crippen molar-refractivity contribution in [1.82, 2.24) is 9.78 Å². The van der Waals surface area contributed by atoms with Gasteiger partial charge in [0.15, 0.2) is 0 Å². The Labute approximate surface area is 161 Å². The molecule has 1 heterocycles. The van der Waals surface area contributed by atoms with E-state index < -0.39 is 5.97 Å². The summed E-state index contributed by atoms with van der Waals surface area (Å²) in [6.07, 6.45) is 5.02. The maximum atomic E-state index is 12.4. The highest BCUT2D eigenvalue weighted by Crippen LogP contribution is 2.37. The highest BCUT2D eigenvalue weighted by Gasteiger charge is 2.27. The summed E-state index contributed by atoms with van der Waals surface area (Å²) in [5.41, 5.74) is 0.994. The van der Waals surface area contributed by atoms with Crippen molar-refractivity contribution in [2.75, 3.05) is 18.5 Å². The van der Waals surface area contributed by atoms with Crippen molar-refractivity contribution in [3.63, 3.8) is 0 Å². The maximum absolute atomic E-state index is 12.4. The summed E-state index contributed by atoms with van der Waals surface area (Å²) in [5, 5.41) is 7.91. The second kappa shape index (κ2) is 9.06. The van der Waals surface area contributed by atoms with Gasteiger partial charge in [0, 0.05) is 12.0 Å². The topological polar surface area (TPSA) is 82.5 Å². The number of nitrogens with zero attached hydrogens (tertiary/aromatic N) is 2. The fourth-order valence-corrected chi connectivity index (χ4v) is 2.84. The molecule has 0 atom stereocenters. The summed E-state index contributed by atoms with van der Waals surface area (Å²) < 4.78 is 12.0. The van der Waals surface area contributed by atoms with Crippen LogP contribution in [-0.2, 0) is 24.6 Å². The number of esters is 2. The molecule has 0 amide bonds. The molecule has 1 saturated carbocycles. The van der Waals surface area contributed by atoms with Gasteiger partial charge in [-0.25, -0.2) is 9.48 Å². The second-order valence-corrected chi connectivity index (χ2v) is 7.64. The van der Waals surface area contributed by atoms with Gasteiger partial charge in [0.1, 0.15) is 11.5 Å². The molecular weight excluding hydrogens is 346 g/mol. The van der Waals surface area contributed by atoms with Crippen molar-refractivity contribution in [2.24, 2.45) is 0 Å². The summed E-state index contributed by atoms with van der Waals surface area (Å²) >= 11 is 0. The average Bonchev–Trinajstić information content (AvgIpc) is 2.93. The molecule has 2 rings (SSSR count). The molecular formula is C20H31N3O4. The van der Waals surface area contributed by atoms with Crippen molar-refractivity contribution in [1.29, 1.82) is 0 Å². The van der Waals surface area contributed by atoms with Crippen LogP contribution in [0.2, 0.25) is 0 Å². The zero-order chi connectivity index (χ0) is 20.0. The Balaban J connectivity index is 2.29. The van der Waals surface area contributed by atoms with Crippen LogP contribution in [0.25, 0.3) is 0 Å². The number of nitrogens with one attached hydrogen (secondary N) is 1. The van der Waals surface area contributed by atoms with Gasteiger partial charge in [-0.1, -0.05) is 6.42 Å². The minimum absolute atomic E-state index is 0.00583. The molecule has 1 aliphatic carbocycles. The zero-order valence-electron chi connectivity index (χ0n) is 17.0. The third kappa shape index (κ3) is 5.58. The highest BCUT2D eigenvalue weighted by atomic mass is 16.5. The van der Waals surface area contributed by atoms with Crippen LogP contribution < -0.4 is 5.32 Å². The molecule has 0 radical (unpaired) electrons. The summed E-state index contributed by atoms with van der Waals surface area (Å²) in [6.45, 7) is 10.2. The first kappa shape index (κ1) is 21.0. The number of carbonyl (C=O) groups excluding carboxylic acids is 2. The first-order valence-corrected chi connectivity index (χ1v) is 9.66. The van der Waals surface area contributed by atoms with Crippen LogP contribution in [0.1, 0.15) is 71.9 Å². The number of carbonyl (C=O) groups is 2. The molecule has 1 fully saturated rings. The van der Waals surface area contributed by atoms with Gasteiger partial charge in [0.25, 0.3) is 0 Å². The SMILES string of the molecule is CCOC(=O)C/C=C(/Nc1cc(C2CCC2)nn1C(C)(C)C)C(=O)OCC. The van der Waals surface area contributed by atoms with Crippen LogP contribution in [-0.4, -0.2) is 34.9 Å². The normalized spacial score (nSPS) is 15.2. The van der Waals surface area contributed by atoms with E-state index in [0.717, 1.165) is 18.5 Å². The lowest BCUT2D eigenvalue weighted by Crippen LogP contribution is -2.26. The molecule has 7 nitrogen and oxygen atoms in total. The summed E-state index contributed by atoms with van der Waals surface area (Å²) in [7, 11) is 0. The van der Waals surface area contributed by atoms with Crippen LogP contribution in [0, 0.1) is 0 Å². The number of hydrogen-bond acceptors (Lipinski definition) is 6. The molecule has 27 heavy (non-hydrogen) atoms. The van der Waals surface area contributed by atoms with E-state index in [1.807, 2.05) is 10.7 Å². The van der Waals surface area contributed by atoms with Gasteiger partial charge in [-0.2, -0.15) is 5.10 Å². The lowest BCUT2D eigenvalue weighted by Gasteiger charge is -2.24. The van der Waals surface area contributed by atoms with Crippen LogP contribution >= 0.6 is 0 Å². The van der Waals surface area contributed by atoms with Gasteiger partial charge in [-0.3, -0.25) is 4.79 Å². The van der Waals surface area contributed by atoms with E-state index >= 15 is 0 Å². The summed E-state index contributed by atoms with van der Waals surface area (Å²) in [5.74, 6) is 0.297. The van der Waals surface area contributed by atoms with Crippen LogP contribution in [0.5, 0.6) is 0 Å². The Morgan fingerprint density at radius 3 is 2.44 bits per heavy atom. The van der Waals surface area contributed by atoms with Gasteiger partial charge in [0.2, 0.25) is 0 Å². The van der Waals surface area contributed by atoms with Crippen molar-refractivity contribution >= 4 is 17.8 Å². The standard InChI is InChI=1S/C20H31N3O4/c1-6-26-18(24)12-11-15(19(25)27-7-2)21-17-13-16(14-9-8-10-14)22-23(17)20(3,4)5/h11,13-14,21H,6-10,12H2,1-5H3/b15-11+. The van der Waals surface area contributed by atoms with E-state index in [9.17, 15) is 9.59 Å². The van der Waals surface area contributed by atoms with Gasteiger partial charge in [-0.15, -0.1) is 0 Å². The molecule has 0 unspecified atom stereocenters. The average molecular weight is 377 g/mol. The van der Waals surface area contributed by atoms with E-state index in [-0.39, 0.29) is 30.2 Å².